The Bertz CT molecular complexity index is 360. The molecule has 0 unspecified atom stereocenters. The van der Waals surface area contributed by atoms with E-state index < -0.39 is 5.91 Å². The van der Waals surface area contributed by atoms with Gasteiger partial charge in [-0.2, -0.15) is 4.99 Å². The van der Waals surface area contributed by atoms with Crippen molar-refractivity contribution in [3.63, 3.8) is 0 Å². The Balaban J connectivity index is 3.11. The molecule has 0 saturated heterocycles. The molecule has 0 fully saturated rings. The highest BCUT2D eigenvalue weighted by molar-refractivity contribution is 9.10. The summed E-state index contributed by atoms with van der Waals surface area (Å²) in [4.78, 5) is 18.2. The van der Waals surface area contributed by atoms with Gasteiger partial charge in [-0.3, -0.25) is 4.79 Å². The van der Waals surface area contributed by atoms with Crippen LogP contribution < -0.4 is 0 Å². The van der Waals surface area contributed by atoms with Gasteiger partial charge in [-0.1, -0.05) is 0 Å². The zero-order valence-corrected chi connectivity index (χ0v) is 8.22. The summed E-state index contributed by atoms with van der Waals surface area (Å²) >= 11 is 7.45. The maximum atomic E-state index is 11.1. The molecular weight excluding hydrogens is 240 g/mol. The van der Waals surface area contributed by atoms with Crippen molar-refractivity contribution in [3.05, 3.63) is 28.5 Å². The first kappa shape index (κ1) is 9.19. The van der Waals surface area contributed by atoms with E-state index in [4.69, 9.17) is 0 Å². The van der Waals surface area contributed by atoms with Crippen molar-refractivity contribution in [2.24, 2.45) is 4.99 Å². The van der Waals surface area contributed by atoms with Crippen LogP contribution in [0.15, 0.2) is 27.8 Å². The number of amides is 1. The molecule has 12 heavy (non-hydrogen) atoms. The SMILES string of the molecule is O=C(N=C=S)c1ncccc1Br. The molecule has 0 saturated carbocycles. The average molecular weight is 243 g/mol. The summed E-state index contributed by atoms with van der Waals surface area (Å²) < 4.78 is 0.601. The van der Waals surface area contributed by atoms with Gasteiger partial charge in [0.05, 0.1) is 5.16 Å². The molecule has 1 amide bonds. The fourth-order valence-corrected chi connectivity index (χ4v) is 1.14. The Morgan fingerprint density at radius 1 is 1.75 bits per heavy atom. The van der Waals surface area contributed by atoms with Gasteiger partial charge in [0.1, 0.15) is 5.69 Å². The third-order valence-electron chi connectivity index (χ3n) is 1.11. The van der Waals surface area contributed by atoms with Crippen LogP contribution in [0.1, 0.15) is 10.5 Å². The van der Waals surface area contributed by atoms with Gasteiger partial charge < -0.3 is 0 Å². The van der Waals surface area contributed by atoms with Crippen LogP contribution in [-0.4, -0.2) is 16.1 Å². The molecule has 1 aromatic rings. The zero-order chi connectivity index (χ0) is 8.97. The number of nitrogens with zero attached hydrogens (tertiary/aromatic N) is 2. The molecule has 0 N–H and O–H groups in total. The topological polar surface area (TPSA) is 42.3 Å². The van der Waals surface area contributed by atoms with E-state index in [0.717, 1.165) is 0 Å². The van der Waals surface area contributed by atoms with Crippen LogP contribution in [0.4, 0.5) is 0 Å². The normalized spacial score (nSPS) is 8.75. The van der Waals surface area contributed by atoms with Crippen LogP contribution in [0, 0.1) is 0 Å². The van der Waals surface area contributed by atoms with E-state index in [1.807, 2.05) is 5.16 Å². The number of isothiocyanates is 1. The van der Waals surface area contributed by atoms with Crippen molar-refractivity contribution in [2.75, 3.05) is 0 Å². The third-order valence-corrected chi connectivity index (χ3v) is 1.84. The summed E-state index contributed by atoms with van der Waals surface area (Å²) in [5.41, 5.74) is 0.245. The number of hydrogen-bond donors (Lipinski definition) is 0. The molecule has 3 nitrogen and oxygen atoms in total. The van der Waals surface area contributed by atoms with Gasteiger partial charge in [0, 0.05) is 10.7 Å². The molecular formula is C7H3BrN2OS. The first-order valence-electron chi connectivity index (χ1n) is 2.98. The molecule has 5 heteroatoms. The van der Waals surface area contributed by atoms with E-state index in [9.17, 15) is 4.79 Å². The lowest BCUT2D eigenvalue weighted by molar-refractivity contribution is 0.0998. The number of hydrogen-bond acceptors (Lipinski definition) is 3. The number of pyridine rings is 1. The lowest BCUT2D eigenvalue weighted by Crippen LogP contribution is -1.98. The predicted octanol–water partition coefficient (Wildman–Crippen LogP) is 2.09. The predicted molar refractivity (Wildman–Crippen MR) is 51.3 cm³/mol. The van der Waals surface area contributed by atoms with E-state index in [1.54, 1.807) is 12.1 Å². The molecule has 0 aliphatic rings. The third kappa shape index (κ3) is 2.04. The van der Waals surface area contributed by atoms with Gasteiger partial charge in [0.2, 0.25) is 0 Å². The van der Waals surface area contributed by atoms with E-state index in [0.29, 0.717) is 4.47 Å². The van der Waals surface area contributed by atoms with E-state index in [2.05, 4.69) is 38.1 Å². The first-order valence-corrected chi connectivity index (χ1v) is 4.18. The molecule has 1 rings (SSSR count). The number of carbonyl (C=O) groups excluding carboxylic acids is 1. The van der Waals surface area contributed by atoms with E-state index >= 15 is 0 Å². The maximum absolute atomic E-state index is 11.1. The van der Waals surface area contributed by atoms with Gasteiger partial charge in [-0.05, 0) is 40.3 Å². The van der Waals surface area contributed by atoms with Gasteiger partial charge in [-0.15, -0.1) is 0 Å². The van der Waals surface area contributed by atoms with Crippen molar-refractivity contribution in [1.29, 1.82) is 0 Å². The Hall–Kier alpha value is -0.900. The summed E-state index contributed by atoms with van der Waals surface area (Å²) in [5, 5.41) is 1.99. The summed E-state index contributed by atoms with van der Waals surface area (Å²) in [6, 6.07) is 3.42. The number of aromatic nitrogens is 1. The Labute approximate surface area is 82.7 Å². The van der Waals surface area contributed by atoms with Gasteiger partial charge in [0.15, 0.2) is 0 Å². The lowest BCUT2D eigenvalue weighted by atomic mass is 10.3. The number of thiocarbonyl (C=S) groups is 1. The van der Waals surface area contributed by atoms with Gasteiger partial charge in [-0.25, -0.2) is 4.98 Å². The highest BCUT2D eigenvalue weighted by atomic mass is 79.9. The maximum Gasteiger partial charge on any atom is 0.305 e. The van der Waals surface area contributed by atoms with Crippen molar-refractivity contribution in [1.82, 2.24) is 4.98 Å². The standard InChI is InChI=1S/C7H3BrN2OS/c8-5-2-1-3-9-6(5)7(11)10-4-12/h1-3H. The van der Waals surface area contributed by atoms with Crippen LogP contribution >= 0.6 is 28.1 Å². The second-order valence-electron chi connectivity index (χ2n) is 1.84. The second kappa shape index (κ2) is 4.21. The Kier molecular flexibility index (Phi) is 3.22. The molecule has 0 radical (unpaired) electrons. The monoisotopic (exact) mass is 242 g/mol. The molecule has 0 spiro atoms. The number of rotatable bonds is 1. The minimum Gasteiger partial charge on any atom is -0.264 e. The molecule has 0 aliphatic heterocycles. The molecule has 0 atom stereocenters. The van der Waals surface area contributed by atoms with Crippen molar-refractivity contribution in [2.45, 2.75) is 0 Å². The van der Waals surface area contributed by atoms with Crippen LogP contribution in [0.2, 0.25) is 0 Å². The fourth-order valence-electron chi connectivity index (χ4n) is 0.637. The van der Waals surface area contributed by atoms with Crippen LogP contribution in [0.25, 0.3) is 0 Å². The summed E-state index contributed by atoms with van der Waals surface area (Å²) in [6.45, 7) is 0. The lowest BCUT2D eigenvalue weighted by Gasteiger charge is -1.94. The summed E-state index contributed by atoms with van der Waals surface area (Å²) in [6.07, 6.45) is 1.51. The molecule has 1 heterocycles. The van der Waals surface area contributed by atoms with E-state index in [1.165, 1.54) is 6.20 Å². The van der Waals surface area contributed by atoms with Crippen molar-refractivity contribution < 1.29 is 4.79 Å². The molecule has 0 aliphatic carbocycles. The van der Waals surface area contributed by atoms with Crippen molar-refractivity contribution >= 4 is 39.2 Å². The Morgan fingerprint density at radius 3 is 3.08 bits per heavy atom. The number of halogens is 1. The van der Waals surface area contributed by atoms with E-state index in [-0.39, 0.29) is 5.69 Å². The number of aliphatic imine (C=N–C) groups is 1. The average Bonchev–Trinajstić information content (AvgIpc) is 2.05. The first-order chi connectivity index (χ1) is 5.75. The largest absolute Gasteiger partial charge is 0.305 e. The van der Waals surface area contributed by atoms with Crippen LogP contribution in [0.3, 0.4) is 0 Å². The minimum absolute atomic E-state index is 0.245. The number of carbonyl (C=O) groups is 1. The van der Waals surface area contributed by atoms with Crippen LogP contribution in [-0.2, 0) is 0 Å². The fraction of sp³-hybridized carbons (Fsp3) is 0. The molecule has 1 aromatic heterocycles. The minimum atomic E-state index is -0.488. The summed E-state index contributed by atoms with van der Waals surface area (Å²) in [7, 11) is 0. The van der Waals surface area contributed by atoms with Gasteiger partial charge in [0.25, 0.3) is 0 Å². The summed E-state index contributed by atoms with van der Waals surface area (Å²) in [5.74, 6) is -0.488. The van der Waals surface area contributed by atoms with Gasteiger partial charge >= 0.3 is 5.91 Å². The Morgan fingerprint density at radius 2 is 2.50 bits per heavy atom. The zero-order valence-electron chi connectivity index (χ0n) is 5.82. The second-order valence-corrected chi connectivity index (χ2v) is 2.88. The highest BCUT2D eigenvalue weighted by Gasteiger charge is 2.08. The molecule has 60 valence electrons. The quantitative estimate of drug-likeness (QED) is 0.560. The van der Waals surface area contributed by atoms with Crippen LogP contribution in [0.5, 0.6) is 0 Å². The highest BCUT2D eigenvalue weighted by Crippen LogP contribution is 2.13. The smallest absolute Gasteiger partial charge is 0.264 e. The van der Waals surface area contributed by atoms with Crippen molar-refractivity contribution in [3.8, 4) is 0 Å². The molecule has 0 aromatic carbocycles. The molecule has 0 bridgehead atoms.